The SMILES string of the molecule is CC(O)(C#Cc1ccc(N2CCN(S(=O)(=O)C3CC3)CC2)c(Nc2ncnc3[nH]ccc23)c1)c1nccs1. The molecule has 4 heterocycles. The first kappa shape index (κ1) is 24.8. The van der Waals surface area contributed by atoms with Crippen LogP contribution in [0.3, 0.4) is 0 Å². The van der Waals surface area contributed by atoms with Gasteiger partial charge in [-0.15, -0.1) is 11.3 Å². The maximum absolute atomic E-state index is 12.7. The normalized spacial score (nSPS) is 18.1. The zero-order valence-electron chi connectivity index (χ0n) is 20.8. The van der Waals surface area contributed by atoms with E-state index >= 15 is 0 Å². The predicted molar refractivity (Wildman–Crippen MR) is 148 cm³/mol. The monoisotopic (exact) mass is 549 g/mol. The highest BCUT2D eigenvalue weighted by atomic mass is 32.2. The maximum Gasteiger partial charge on any atom is 0.217 e. The third-order valence-electron chi connectivity index (χ3n) is 6.79. The Labute approximate surface area is 224 Å². The molecular weight excluding hydrogens is 522 g/mol. The van der Waals surface area contributed by atoms with E-state index in [0.29, 0.717) is 42.6 Å². The number of aromatic amines is 1. The lowest BCUT2D eigenvalue weighted by Gasteiger charge is -2.36. The van der Waals surface area contributed by atoms with Crippen molar-refractivity contribution in [2.24, 2.45) is 0 Å². The van der Waals surface area contributed by atoms with E-state index in [2.05, 4.69) is 42.0 Å². The second-order valence-corrected chi connectivity index (χ2v) is 12.7. The first-order chi connectivity index (χ1) is 18.3. The van der Waals surface area contributed by atoms with Crippen molar-refractivity contribution in [3.05, 3.63) is 58.9 Å². The van der Waals surface area contributed by atoms with Crippen LogP contribution in [-0.2, 0) is 15.6 Å². The molecule has 196 valence electrons. The molecule has 4 aromatic rings. The summed E-state index contributed by atoms with van der Waals surface area (Å²) < 4.78 is 27.1. The molecule has 6 rings (SSSR count). The van der Waals surface area contributed by atoms with Gasteiger partial charge in [-0.3, -0.25) is 0 Å². The Morgan fingerprint density at radius 2 is 1.97 bits per heavy atom. The summed E-state index contributed by atoms with van der Waals surface area (Å²) in [5.74, 6) is 6.68. The minimum atomic E-state index is -3.19. The van der Waals surface area contributed by atoms with Crippen LogP contribution in [0.25, 0.3) is 11.0 Å². The quantitative estimate of drug-likeness (QED) is 0.313. The number of anilines is 3. The van der Waals surface area contributed by atoms with Gasteiger partial charge in [-0.05, 0) is 44.0 Å². The number of H-pyrrole nitrogens is 1. The summed E-state index contributed by atoms with van der Waals surface area (Å²) in [4.78, 5) is 18.2. The molecular formula is C26H27N7O3S2. The van der Waals surface area contributed by atoms with E-state index in [-0.39, 0.29) is 5.25 Å². The van der Waals surface area contributed by atoms with Gasteiger partial charge in [-0.2, -0.15) is 4.31 Å². The smallest absolute Gasteiger partial charge is 0.217 e. The lowest BCUT2D eigenvalue weighted by molar-refractivity contribution is 0.122. The van der Waals surface area contributed by atoms with Crippen molar-refractivity contribution in [1.29, 1.82) is 0 Å². The van der Waals surface area contributed by atoms with Crippen molar-refractivity contribution in [2.45, 2.75) is 30.6 Å². The fourth-order valence-corrected chi connectivity index (χ4v) is 7.04. The first-order valence-corrected chi connectivity index (χ1v) is 14.8. The van der Waals surface area contributed by atoms with E-state index in [9.17, 15) is 13.5 Å². The van der Waals surface area contributed by atoms with Crippen LogP contribution in [-0.4, -0.2) is 69.2 Å². The van der Waals surface area contributed by atoms with Crippen molar-refractivity contribution in [1.82, 2.24) is 24.2 Å². The lowest BCUT2D eigenvalue weighted by atomic mass is 10.1. The van der Waals surface area contributed by atoms with Crippen LogP contribution in [0.15, 0.2) is 48.4 Å². The van der Waals surface area contributed by atoms with E-state index in [0.717, 1.165) is 35.2 Å². The second-order valence-electron chi connectivity index (χ2n) is 9.61. The summed E-state index contributed by atoms with van der Waals surface area (Å²) >= 11 is 1.35. The van der Waals surface area contributed by atoms with Gasteiger partial charge in [0.05, 0.1) is 22.0 Å². The molecule has 2 fully saturated rings. The van der Waals surface area contributed by atoms with E-state index in [4.69, 9.17) is 0 Å². The van der Waals surface area contributed by atoms with Crippen molar-refractivity contribution in [3.8, 4) is 11.8 Å². The number of aromatic nitrogens is 4. The van der Waals surface area contributed by atoms with Gasteiger partial charge in [0, 0.05) is 49.5 Å². The molecule has 1 aliphatic carbocycles. The molecule has 1 aromatic carbocycles. The van der Waals surface area contributed by atoms with Gasteiger partial charge in [-0.25, -0.2) is 23.4 Å². The number of piperazine rings is 1. The maximum atomic E-state index is 12.7. The summed E-state index contributed by atoms with van der Waals surface area (Å²) in [5.41, 5.74) is 1.77. The average Bonchev–Trinajstić information content (AvgIpc) is 3.41. The zero-order chi connectivity index (χ0) is 26.3. The van der Waals surface area contributed by atoms with Crippen LogP contribution in [0.2, 0.25) is 0 Å². The van der Waals surface area contributed by atoms with E-state index in [1.165, 1.54) is 17.7 Å². The van der Waals surface area contributed by atoms with Gasteiger partial charge in [0.1, 0.15) is 22.8 Å². The highest BCUT2D eigenvalue weighted by Gasteiger charge is 2.41. The highest BCUT2D eigenvalue weighted by molar-refractivity contribution is 7.90. The van der Waals surface area contributed by atoms with Crippen molar-refractivity contribution >= 4 is 49.6 Å². The number of hydrogen-bond donors (Lipinski definition) is 3. The van der Waals surface area contributed by atoms with Gasteiger partial charge in [0.2, 0.25) is 10.0 Å². The molecule has 1 unspecified atom stereocenters. The molecule has 1 saturated carbocycles. The van der Waals surface area contributed by atoms with Crippen LogP contribution in [0.5, 0.6) is 0 Å². The molecule has 12 heteroatoms. The van der Waals surface area contributed by atoms with Gasteiger partial charge in [-0.1, -0.05) is 11.8 Å². The van der Waals surface area contributed by atoms with Gasteiger partial charge in [0.15, 0.2) is 5.60 Å². The topological polar surface area (TPSA) is 127 Å². The summed E-state index contributed by atoms with van der Waals surface area (Å²) in [7, 11) is -3.19. The number of nitrogens with one attached hydrogen (secondary N) is 2. The van der Waals surface area contributed by atoms with Crippen molar-refractivity contribution in [2.75, 3.05) is 36.4 Å². The Bertz CT molecular complexity index is 1630. The number of rotatable bonds is 6. The standard InChI is InChI=1S/C26H27N7O3S2/c1-26(34,25-28-10-15-37-25)8-6-18-2-5-22(32-11-13-33(14-12-32)38(35,36)19-3-4-19)21(16-18)31-24-20-7-9-27-23(20)29-17-30-24/h2,5,7,9-10,15-17,19,34H,3-4,11-14H2,1H3,(H2,27,29,30,31). The summed E-state index contributed by atoms with van der Waals surface area (Å²) in [6.07, 6.45) is 6.49. The summed E-state index contributed by atoms with van der Waals surface area (Å²) in [5, 5.41) is 17.2. The molecule has 3 N–H and O–H groups in total. The predicted octanol–water partition coefficient (Wildman–Crippen LogP) is 3.03. The minimum absolute atomic E-state index is 0.202. The molecule has 0 amide bonds. The molecule has 0 spiro atoms. The Hall–Kier alpha value is -3.50. The average molecular weight is 550 g/mol. The Kier molecular flexibility index (Phi) is 6.31. The molecule has 3 aromatic heterocycles. The highest BCUT2D eigenvalue weighted by Crippen LogP contribution is 2.35. The Balaban J connectivity index is 1.31. The fourth-order valence-electron chi connectivity index (χ4n) is 4.56. The van der Waals surface area contributed by atoms with Crippen molar-refractivity contribution in [3.63, 3.8) is 0 Å². The molecule has 1 atom stereocenters. The van der Waals surface area contributed by atoms with Crippen LogP contribution in [0.4, 0.5) is 17.2 Å². The first-order valence-electron chi connectivity index (χ1n) is 12.4. The zero-order valence-corrected chi connectivity index (χ0v) is 22.4. The number of thiazole rings is 1. The number of hydrogen-bond acceptors (Lipinski definition) is 9. The minimum Gasteiger partial charge on any atom is -0.371 e. The second kappa shape index (κ2) is 9.67. The third kappa shape index (κ3) is 4.86. The van der Waals surface area contributed by atoms with Crippen LogP contribution in [0, 0.1) is 11.8 Å². The van der Waals surface area contributed by atoms with Crippen LogP contribution in [0.1, 0.15) is 30.3 Å². The summed E-state index contributed by atoms with van der Waals surface area (Å²) in [6.45, 7) is 3.69. The molecule has 38 heavy (non-hydrogen) atoms. The van der Waals surface area contributed by atoms with E-state index < -0.39 is 15.6 Å². The van der Waals surface area contributed by atoms with E-state index in [1.807, 2.05) is 30.5 Å². The number of sulfonamides is 1. The van der Waals surface area contributed by atoms with Crippen LogP contribution < -0.4 is 10.2 Å². The number of benzene rings is 1. The molecule has 1 aliphatic heterocycles. The molecule has 0 radical (unpaired) electrons. The van der Waals surface area contributed by atoms with Crippen LogP contribution >= 0.6 is 11.3 Å². The number of nitrogens with zero attached hydrogens (tertiary/aromatic N) is 5. The third-order valence-corrected chi connectivity index (χ3v) is 10.2. The molecule has 1 saturated heterocycles. The van der Waals surface area contributed by atoms with Gasteiger partial charge >= 0.3 is 0 Å². The fraction of sp³-hybridized carbons (Fsp3) is 0.346. The summed E-state index contributed by atoms with van der Waals surface area (Å²) in [6, 6.07) is 7.72. The van der Waals surface area contributed by atoms with Gasteiger partial charge < -0.3 is 20.3 Å². The molecule has 2 aliphatic rings. The van der Waals surface area contributed by atoms with Crippen molar-refractivity contribution < 1.29 is 13.5 Å². The molecule has 0 bridgehead atoms. The molecule has 10 nitrogen and oxygen atoms in total. The number of aliphatic hydroxyl groups is 1. The Morgan fingerprint density at radius 1 is 1.16 bits per heavy atom. The van der Waals surface area contributed by atoms with Gasteiger partial charge in [0.25, 0.3) is 0 Å². The van der Waals surface area contributed by atoms with E-state index in [1.54, 1.807) is 22.8 Å². The number of fused-ring (bicyclic) bond motifs is 1. The lowest BCUT2D eigenvalue weighted by Crippen LogP contribution is -2.49. The largest absolute Gasteiger partial charge is 0.371 e. The Morgan fingerprint density at radius 3 is 2.71 bits per heavy atom.